The number of nitrogens with one attached hydrogen (secondary N) is 1. The van der Waals surface area contributed by atoms with Gasteiger partial charge >= 0.3 is 6.09 Å². The molecule has 166 valence electrons. The number of carbonyl (C=O) groups is 2. The SMILES string of the molecule is C=CC(=O)NCCCN(C)S(=O)(=O)c1ccc(CN(Cc2ccccc2)C(=O)O)cc1. The van der Waals surface area contributed by atoms with Crippen molar-refractivity contribution in [1.29, 1.82) is 0 Å². The Balaban J connectivity index is 1.99. The van der Waals surface area contributed by atoms with E-state index in [2.05, 4.69) is 11.9 Å². The van der Waals surface area contributed by atoms with Gasteiger partial charge in [-0.3, -0.25) is 9.69 Å². The Morgan fingerprint density at radius 3 is 2.16 bits per heavy atom. The number of hydrogen-bond acceptors (Lipinski definition) is 4. The zero-order valence-electron chi connectivity index (χ0n) is 17.4. The Bertz CT molecular complexity index is 992. The summed E-state index contributed by atoms with van der Waals surface area (Å²) in [5.41, 5.74) is 1.56. The molecule has 0 aliphatic carbocycles. The smallest absolute Gasteiger partial charge is 0.407 e. The lowest BCUT2D eigenvalue weighted by Crippen LogP contribution is -2.31. The summed E-state index contributed by atoms with van der Waals surface area (Å²) in [5, 5.41) is 12.1. The average Bonchev–Trinajstić information content (AvgIpc) is 2.76. The van der Waals surface area contributed by atoms with Crippen LogP contribution in [0.2, 0.25) is 0 Å². The van der Waals surface area contributed by atoms with E-state index in [9.17, 15) is 23.1 Å². The Morgan fingerprint density at radius 1 is 1.03 bits per heavy atom. The fraction of sp³-hybridized carbons (Fsp3) is 0.273. The lowest BCUT2D eigenvalue weighted by Gasteiger charge is -2.20. The van der Waals surface area contributed by atoms with Gasteiger partial charge in [-0.2, -0.15) is 0 Å². The molecule has 0 saturated carbocycles. The molecule has 0 aliphatic heterocycles. The predicted molar refractivity (Wildman–Crippen MR) is 118 cm³/mol. The van der Waals surface area contributed by atoms with Crippen LogP contribution in [-0.4, -0.2) is 54.9 Å². The van der Waals surface area contributed by atoms with Crippen molar-refractivity contribution in [2.75, 3.05) is 20.1 Å². The van der Waals surface area contributed by atoms with Gasteiger partial charge in [-0.1, -0.05) is 49.0 Å². The first-order valence-corrected chi connectivity index (χ1v) is 11.2. The highest BCUT2D eigenvalue weighted by Gasteiger charge is 2.21. The minimum atomic E-state index is -3.68. The highest BCUT2D eigenvalue weighted by molar-refractivity contribution is 7.89. The summed E-state index contributed by atoms with van der Waals surface area (Å²) >= 11 is 0. The van der Waals surface area contributed by atoms with Crippen LogP contribution in [0.15, 0.2) is 72.1 Å². The van der Waals surface area contributed by atoms with Gasteiger partial charge in [0.25, 0.3) is 0 Å². The second-order valence-corrected chi connectivity index (χ2v) is 8.99. The number of benzene rings is 2. The molecule has 0 atom stereocenters. The van der Waals surface area contributed by atoms with E-state index in [-0.39, 0.29) is 30.4 Å². The Labute approximate surface area is 182 Å². The van der Waals surface area contributed by atoms with E-state index in [1.807, 2.05) is 30.3 Å². The molecule has 2 aromatic carbocycles. The lowest BCUT2D eigenvalue weighted by molar-refractivity contribution is -0.116. The number of rotatable bonds is 11. The molecule has 8 nitrogen and oxygen atoms in total. The fourth-order valence-electron chi connectivity index (χ4n) is 2.87. The Kier molecular flexibility index (Phi) is 8.77. The summed E-state index contributed by atoms with van der Waals surface area (Å²) in [5.74, 6) is -0.302. The van der Waals surface area contributed by atoms with Gasteiger partial charge in [0.05, 0.1) is 4.90 Å². The van der Waals surface area contributed by atoms with Crippen LogP contribution in [0.1, 0.15) is 17.5 Å². The number of hydrogen-bond donors (Lipinski definition) is 2. The molecule has 2 amide bonds. The molecule has 0 fully saturated rings. The Hall–Kier alpha value is -3.17. The van der Waals surface area contributed by atoms with Gasteiger partial charge < -0.3 is 10.4 Å². The molecule has 0 unspecified atom stereocenters. The molecule has 0 saturated heterocycles. The number of amides is 2. The van der Waals surface area contributed by atoms with Crippen LogP contribution in [-0.2, 0) is 27.9 Å². The summed E-state index contributed by atoms with van der Waals surface area (Å²) in [7, 11) is -2.21. The molecular formula is C22H27N3O5S. The maximum absolute atomic E-state index is 12.7. The molecule has 0 radical (unpaired) electrons. The molecule has 2 rings (SSSR count). The van der Waals surface area contributed by atoms with Gasteiger partial charge in [-0.25, -0.2) is 17.5 Å². The van der Waals surface area contributed by atoms with E-state index in [0.717, 1.165) is 11.6 Å². The number of sulfonamides is 1. The van der Waals surface area contributed by atoms with E-state index in [4.69, 9.17) is 0 Å². The van der Waals surface area contributed by atoms with E-state index in [0.29, 0.717) is 18.5 Å². The third-order valence-corrected chi connectivity index (χ3v) is 6.50. The van der Waals surface area contributed by atoms with Crippen molar-refractivity contribution >= 4 is 22.0 Å². The summed E-state index contributed by atoms with van der Waals surface area (Å²) in [6.45, 7) is 4.32. The lowest BCUT2D eigenvalue weighted by atomic mass is 10.2. The monoisotopic (exact) mass is 445 g/mol. The molecular weight excluding hydrogens is 418 g/mol. The fourth-order valence-corrected chi connectivity index (χ4v) is 4.08. The molecule has 0 bridgehead atoms. The summed E-state index contributed by atoms with van der Waals surface area (Å²) < 4.78 is 26.7. The van der Waals surface area contributed by atoms with Gasteiger partial charge in [0.1, 0.15) is 0 Å². The van der Waals surface area contributed by atoms with Crippen molar-refractivity contribution in [3.05, 3.63) is 78.4 Å². The third-order valence-electron chi connectivity index (χ3n) is 4.63. The minimum Gasteiger partial charge on any atom is -0.465 e. The van der Waals surface area contributed by atoms with Crippen LogP contribution in [0, 0.1) is 0 Å². The molecule has 0 heterocycles. The van der Waals surface area contributed by atoms with Gasteiger partial charge in [0, 0.05) is 33.2 Å². The van der Waals surface area contributed by atoms with Crippen molar-refractivity contribution < 1.29 is 23.1 Å². The minimum absolute atomic E-state index is 0.124. The first-order chi connectivity index (χ1) is 14.7. The van der Waals surface area contributed by atoms with Crippen molar-refractivity contribution in [2.24, 2.45) is 0 Å². The number of carbonyl (C=O) groups excluding carboxylic acids is 1. The van der Waals surface area contributed by atoms with E-state index < -0.39 is 16.1 Å². The maximum atomic E-state index is 12.7. The van der Waals surface area contributed by atoms with Gasteiger partial charge in [-0.15, -0.1) is 0 Å². The molecule has 2 aromatic rings. The molecule has 0 aliphatic rings. The second kappa shape index (κ2) is 11.3. The van der Waals surface area contributed by atoms with Crippen LogP contribution >= 0.6 is 0 Å². The summed E-state index contributed by atoms with van der Waals surface area (Å²) in [4.78, 5) is 24.1. The molecule has 0 spiro atoms. The van der Waals surface area contributed by atoms with Gasteiger partial charge in [-0.05, 0) is 35.8 Å². The molecule has 31 heavy (non-hydrogen) atoms. The van der Waals surface area contributed by atoms with Crippen LogP contribution in [0.25, 0.3) is 0 Å². The number of nitrogens with zero attached hydrogens (tertiary/aromatic N) is 2. The largest absolute Gasteiger partial charge is 0.465 e. The van der Waals surface area contributed by atoms with Crippen molar-refractivity contribution in [1.82, 2.24) is 14.5 Å². The Morgan fingerprint density at radius 2 is 1.61 bits per heavy atom. The molecule has 2 N–H and O–H groups in total. The first kappa shape index (κ1) is 24.1. The summed E-state index contributed by atoms with van der Waals surface area (Å²) in [6, 6.07) is 15.4. The summed E-state index contributed by atoms with van der Waals surface area (Å²) in [6.07, 6.45) is 0.567. The molecule has 0 aromatic heterocycles. The van der Waals surface area contributed by atoms with E-state index in [1.165, 1.54) is 28.4 Å². The van der Waals surface area contributed by atoms with E-state index >= 15 is 0 Å². The highest BCUT2D eigenvalue weighted by atomic mass is 32.2. The van der Waals surface area contributed by atoms with Gasteiger partial charge in [0.15, 0.2) is 0 Å². The van der Waals surface area contributed by atoms with Gasteiger partial charge in [0.2, 0.25) is 15.9 Å². The van der Waals surface area contributed by atoms with E-state index in [1.54, 1.807) is 12.1 Å². The normalized spacial score (nSPS) is 11.2. The van der Waals surface area contributed by atoms with Crippen LogP contribution in [0.3, 0.4) is 0 Å². The van der Waals surface area contributed by atoms with Crippen molar-refractivity contribution in [3.63, 3.8) is 0 Å². The average molecular weight is 446 g/mol. The van der Waals surface area contributed by atoms with Crippen LogP contribution in [0.4, 0.5) is 4.79 Å². The maximum Gasteiger partial charge on any atom is 0.407 e. The topological polar surface area (TPSA) is 107 Å². The van der Waals surface area contributed by atoms with Crippen molar-refractivity contribution in [3.8, 4) is 0 Å². The zero-order chi connectivity index (χ0) is 22.9. The second-order valence-electron chi connectivity index (χ2n) is 6.94. The predicted octanol–water partition coefficient (Wildman–Crippen LogP) is 2.68. The standard InChI is InChI=1S/C22H27N3O5S/c1-3-21(26)23-14-7-15-24(2)31(29,30)20-12-10-19(11-13-20)17-25(22(27)28)16-18-8-5-4-6-9-18/h3-6,8-13H,1,7,14-17H2,2H3,(H,23,26)(H,27,28). The quantitative estimate of drug-likeness (QED) is 0.409. The highest BCUT2D eigenvalue weighted by Crippen LogP contribution is 2.17. The first-order valence-electron chi connectivity index (χ1n) is 9.71. The third kappa shape index (κ3) is 7.23. The van der Waals surface area contributed by atoms with Crippen LogP contribution < -0.4 is 5.32 Å². The van der Waals surface area contributed by atoms with Crippen LogP contribution in [0.5, 0.6) is 0 Å². The molecule has 9 heteroatoms. The van der Waals surface area contributed by atoms with Crippen molar-refractivity contribution in [2.45, 2.75) is 24.4 Å². The zero-order valence-corrected chi connectivity index (χ0v) is 18.2. The number of carboxylic acid groups (broad SMARTS) is 1.